The molecule has 0 aliphatic heterocycles. The predicted molar refractivity (Wildman–Crippen MR) is 88.0 cm³/mol. The molecule has 0 saturated carbocycles. The lowest BCUT2D eigenvalue weighted by molar-refractivity contribution is 0.703. The number of hydrogen-bond acceptors (Lipinski definition) is 3. The first-order valence-corrected chi connectivity index (χ1v) is 7.12. The minimum atomic E-state index is 0.360. The number of benzene rings is 1. The lowest BCUT2D eigenvalue weighted by atomic mass is 10.1. The molecule has 2 aromatic rings. The van der Waals surface area contributed by atoms with Gasteiger partial charge in [0, 0.05) is 17.8 Å². The normalized spacial score (nSPS) is 11.8. The molecule has 0 aliphatic rings. The van der Waals surface area contributed by atoms with Crippen LogP contribution >= 0.6 is 12.2 Å². The fourth-order valence-corrected chi connectivity index (χ4v) is 2.10. The third-order valence-corrected chi connectivity index (χ3v) is 3.39. The van der Waals surface area contributed by atoms with E-state index in [0.717, 1.165) is 24.2 Å². The summed E-state index contributed by atoms with van der Waals surface area (Å²) in [4.78, 5) is 4.69. The molecule has 0 aliphatic carbocycles. The summed E-state index contributed by atoms with van der Waals surface area (Å²) in [6, 6.07) is 14.7. The van der Waals surface area contributed by atoms with Gasteiger partial charge < -0.3 is 11.1 Å². The van der Waals surface area contributed by atoms with Gasteiger partial charge in [-0.2, -0.15) is 0 Å². The van der Waals surface area contributed by atoms with E-state index in [-0.39, 0.29) is 0 Å². The van der Waals surface area contributed by atoms with Crippen LogP contribution in [0.15, 0.2) is 48.7 Å². The van der Waals surface area contributed by atoms with Crippen LogP contribution in [0.2, 0.25) is 0 Å². The van der Waals surface area contributed by atoms with Gasteiger partial charge in [-0.05, 0) is 37.5 Å². The Morgan fingerprint density at radius 3 is 2.60 bits per heavy atom. The van der Waals surface area contributed by atoms with Gasteiger partial charge in [0.2, 0.25) is 0 Å². The van der Waals surface area contributed by atoms with Gasteiger partial charge in [-0.3, -0.25) is 0 Å². The maximum atomic E-state index is 5.55. The lowest BCUT2D eigenvalue weighted by Crippen LogP contribution is -2.17. The Kier molecular flexibility index (Phi) is 5.07. The number of thiocarbonyl (C=S) groups is 1. The van der Waals surface area contributed by atoms with Crippen LogP contribution in [0.1, 0.15) is 24.5 Å². The Balaban J connectivity index is 1.85. The van der Waals surface area contributed by atoms with Crippen LogP contribution in [0.5, 0.6) is 0 Å². The molecule has 3 N–H and O–H groups in total. The van der Waals surface area contributed by atoms with E-state index in [1.807, 2.05) is 18.2 Å². The summed E-state index contributed by atoms with van der Waals surface area (Å²) in [5.41, 5.74) is 7.70. The molecule has 0 spiro atoms. The average Bonchev–Trinajstić information content (AvgIpc) is 2.47. The van der Waals surface area contributed by atoms with Gasteiger partial charge in [-0.1, -0.05) is 42.5 Å². The van der Waals surface area contributed by atoms with Crippen LogP contribution in [-0.2, 0) is 6.42 Å². The molecule has 4 heteroatoms. The highest BCUT2D eigenvalue weighted by molar-refractivity contribution is 7.80. The number of nitrogens with zero attached hydrogens (tertiary/aromatic N) is 1. The van der Waals surface area contributed by atoms with Crippen molar-refractivity contribution >= 4 is 23.0 Å². The molecular weight excluding hydrogens is 266 g/mol. The molecule has 1 aromatic carbocycles. The number of pyridine rings is 1. The second-order valence-corrected chi connectivity index (χ2v) is 5.31. The van der Waals surface area contributed by atoms with E-state index in [0.29, 0.717) is 11.0 Å². The van der Waals surface area contributed by atoms with Crippen molar-refractivity contribution in [3.05, 3.63) is 59.8 Å². The lowest BCUT2D eigenvalue weighted by Gasteiger charge is -2.14. The molecular formula is C16H19N3S. The quantitative estimate of drug-likeness (QED) is 0.801. The highest BCUT2D eigenvalue weighted by Gasteiger charge is 2.04. The molecule has 104 valence electrons. The fourth-order valence-electron chi connectivity index (χ4n) is 1.98. The zero-order valence-corrected chi connectivity index (χ0v) is 12.4. The number of aryl methyl sites for hydroxylation is 1. The summed E-state index contributed by atoms with van der Waals surface area (Å²) in [5, 5.41) is 3.38. The van der Waals surface area contributed by atoms with Crippen LogP contribution in [0.25, 0.3) is 0 Å². The van der Waals surface area contributed by atoms with E-state index >= 15 is 0 Å². The van der Waals surface area contributed by atoms with Gasteiger partial charge in [0.25, 0.3) is 0 Å². The molecule has 20 heavy (non-hydrogen) atoms. The van der Waals surface area contributed by atoms with Crippen molar-refractivity contribution in [3.63, 3.8) is 0 Å². The predicted octanol–water partition coefficient (Wildman–Crippen LogP) is 3.15. The van der Waals surface area contributed by atoms with Gasteiger partial charge in [0.05, 0.1) is 0 Å². The molecule has 0 fully saturated rings. The first-order valence-electron chi connectivity index (χ1n) is 6.71. The molecule has 3 nitrogen and oxygen atoms in total. The van der Waals surface area contributed by atoms with Crippen molar-refractivity contribution < 1.29 is 0 Å². The maximum absolute atomic E-state index is 5.55. The molecule has 2 rings (SSSR count). The molecule has 0 amide bonds. The second kappa shape index (κ2) is 7.01. The summed E-state index contributed by atoms with van der Waals surface area (Å²) in [5.74, 6) is 0.852. The molecule has 1 aromatic heterocycles. The van der Waals surface area contributed by atoms with Crippen LogP contribution in [-0.4, -0.2) is 16.0 Å². The Morgan fingerprint density at radius 2 is 2.00 bits per heavy atom. The molecule has 0 bridgehead atoms. The minimum absolute atomic E-state index is 0.360. The van der Waals surface area contributed by atoms with E-state index in [1.54, 1.807) is 6.20 Å². The van der Waals surface area contributed by atoms with Crippen LogP contribution < -0.4 is 11.1 Å². The SMILES string of the molecule is CC(CCc1ccccc1)Nc1ccc(C(N)=S)cn1. The van der Waals surface area contributed by atoms with Gasteiger partial charge in [-0.25, -0.2) is 4.98 Å². The van der Waals surface area contributed by atoms with E-state index in [1.165, 1.54) is 5.56 Å². The summed E-state index contributed by atoms with van der Waals surface area (Å²) < 4.78 is 0. The van der Waals surface area contributed by atoms with Crippen LogP contribution in [0.4, 0.5) is 5.82 Å². The summed E-state index contributed by atoms with van der Waals surface area (Å²) >= 11 is 4.91. The standard InChI is InChI=1S/C16H19N3S/c1-12(7-8-13-5-3-2-4-6-13)19-15-10-9-14(11-18-15)16(17)20/h2-6,9-12H,7-8H2,1H3,(H2,17,20)(H,18,19). The van der Waals surface area contributed by atoms with Crippen molar-refractivity contribution in [3.8, 4) is 0 Å². The Morgan fingerprint density at radius 1 is 1.25 bits per heavy atom. The van der Waals surface area contributed by atoms with Crippen molar-refractivity contribution in [1.82, 2.24) is 4.98 Å². The first kappa shape index (κ1) is 14.5. The molecule has 0 radical (unpaired) electrons. The summed E-state index contributed by atoms with van der Waals surface area (Å²) in [6.45, 7) is 2.16. The van der Waals surface area contributed by atoms with Crippen LogP contribution in [0, 0.1) is 0 Å². The van der Waals surface area contributed by atoms with E-state index < -0.39 is 0 Å². The van der Waals surface area contributed by atoms with E-state index in [4.69, 9.17) is 18.0 Å². The molecule has 1 atom stereocenters. The number of anilines is 1. The number of hydrogen-bond donors (Lipinski definition) is 2. The molecule has 0 saturated heterocycles. The maximum Gasteiger partial charge on any atom is 0.126 e. The van der Waals surface area contributed by atoms with Crippen molar-refractivity contribution in [2.45, 2.75) is 25.8 Å². The first-order chi connectivity index (χ1) is 9.65. The van der Waals surface area contributed by atoms with Gasteiger partial charge in [0.15, 0.2) is 0 Å². The number of nitrogens with two attached hydrogens (primary N) is 1. The highest BCUT2D eigenvalue weighted by atomic mass is 32.1. The highest BCUT2D eigenvalue weighted by Crippen LogP contribution is 2.10. The van der Waals surface area contributed by atoms with Crippen molar-refractivity contribution in [2.24, 2.45) is 5.73 Å². The van der Waals surface area contributed by atoms with Crippen molar-refractivity contribution in [2.75, 3.05) is 5.32 Å². The summed E-state index contributed by atoms with van der Waals surface area (Å²) in [6.07, 6.45) is 3.82. The third kappa shape index (κ3) is 4.31. The Labute approximate surface area is 125 Å². The zero-order chi connectivity index (χ0) is 14.4. The second-order valence-electron chi connectivity index (χ2n) is 4.87. The topological polar surface area (TPSA) is 50.9 Å². The monoisotopic (exact) mass is 285 g/mol. The van der Waals surface area contributed by atoms with Crippen molar-refractivity contribution in [1.29, 1.82) is 0 Å². The van der Waals surface area contributed by atoms with Gasteiger partial charge in [0.1, 0.15) is 10.8 Å². The molecule has 1 unspecified atom stereocenters. The fraction of sp³-hybridized carbons (Fsp3) is 0.250. The Hall–Kier alpha value is -1.94. The average molecular weight is 285 g/mol. The number of rotatable bonds is 6. The largest absolute Gasteiger partial charge is 0.389 e. The smallest absolute Gasteiger partial charge is 0.126 e. The van der Waals surface area contributed by atoms with Crippen LogP contribution in [0.3, 0.4) is 0 Å². The Bertz CT molecular complexity index is 552. The van der Waals surface area contributed by atoms with Gasteiger partial charge >= 0.3 is 0 Å². The number of aromatic nitrogens is 1. The zero-order valence-electron chi connectivity index (χ0n) is 11.5. The minimum Gasteiger partial charge on any atom is -0.389 e. The molecule has 1 heterocycles. The van der Waals surface area contributed by atoms with E-state index in [9.17, 15) is 0 Å². The third-order valence-electron chi connectivity index (χ3n) is 3.15. The summed E-state index contributed by atoms with van der Waals surface area (Å²) in [7, 11) is 0. The van der Waals surface area contributed by atoms with E-state index in [2.05, 4.69) is 41.5 Å². The van der Waals surface area contributed by atoms with Gasteiger partial charge in [-0.15, -0.1) is 0 Å². The number of nitrogens with one attached hydrogen (secondary N) is 1.